The second-order valence-corrected chi connectivity index (χ2v) is 9.58. The predicted octanol–water partition coefficient (Wildman–Crippen LogP) is 4.17. The van der Waals surface area contributed by atoms with Crippen molar-refractivity contribution in [2.75, 3.05) is 46.8 Å². The highest BCUT2D eigenvalue weighted by Gasteiger charge is 2.29. The van der Waals surface area contributed by atoms with Crippen molar-refractivity contribution in [1.82, 2.24) is 24.6 Å². The molecule has 9 heteroatoms. The van der Waals surface area contributed by atoms with Gasteiger partial charge in [0.05, 0.1) is 50.7 Å². The number of nitrogens with one attached hydrogen (secondary N) is 1. The molecule has 0 unspecified atom stereocenters. The molecule has 0 radical (unpaired) electrons. The van der Waals surface area contributed by atoms with Crippen molar-refractivity contribution in [2.24, 2.45) is 0 Å². The molecule has 3 heterocycles. The average Bonchev–Trinajstić information content (AvgIpc) is 3.43. The molecule has 182 valence electrons. The third kappa shape index (κ3) is 6.57. The number of halogens is 3. The van der Waals surface area contributed by atoms with Gasteiger partial charge in [-0.25, -0.2) is 4.98 Å². The highest BCUT2D eigenvalue weighted by atomic mass is 19.4. The maximum atomic E-state index is 12.8. The predicted molar refractivity (Wildman–Crippen MR) is 127 cm³/mol. The number of H-pyrrole nitrogens is 1. The van der Waals surface area contributed by atoms with E-state index in [0.717, 1.165) is 66.3 Å². The molecule has 1 saturated heterocycles. The Morgan fingerprint density at radius 3 is 2.44 bits per heavy atom. The lowest BCUT2D eigenvalue weighted by atomic mass is 10.1. The average molecular weight is 474 g/mol. The number of nitrogens with zero attached hydrogens (tertiary/aromatic N) is 5. The number of aromatic amines is 1. The fourth-order valence-electron chi connectivity index (χ4n) is 4.13. The number of piperazine rings is 1. The van der Waals surface area contributed by atoms with Gasteiger partial charge in [0.25, 0.3) is 0 Å². The summed E-state index contributed by atoms with van der Waals surface area (Å²) < 4.78 is 41.6. The maximum absolute atomic E-state index is 12.8. The lowest BCUT2D eigenvalue weighted by Gasteiger charge is -2.39. The van der Waals surface area contributed by atoms with Gasteiger partial charge in [-0.2, -0.15) is 18.3 Å². The normalized spacial score (nSPS) is 17.0. The number of hydrogen-bond acceptors (Lipinski definition) is 3. The second kappa shape index (κ2) is 10.1. The number of likely N-dealkylation sites (N-methyl/N-ethyl adjacent to an activating group) is 1. The number of quaternary nitrogens is 1. The first-order valence-electron chi connectivity index (χ1n) is 11.6. The van der Waals surface area contributed by atoms with E-state index in [-0.39, 0.29) is 0 Å². The SMILES string of the molecule is C[N+]1(C)CCN(CCCc2cn(Cc3ccn[nH]3)c(/C=C/c3ccc(C(F)(F)F)cc3)n2)CC1. The number of imidazole rings is 1. The zero-order valence-electron chi connectivity index (χ0n) is 19.7. The summed E-state index contributed by atoms with van der Waals surface area (Å²) in [4.78, 5) is 7.33. The van der Waals surface area contributed by atoms with Gasteiger partial charge >= 0.3 is 6.18 Å². The van der Waals surface area contributed by atoms with Crippen LogP contribution >= 0.6 is 0 Å². The van der Waals surface area contributed by atoms with Crippen LogP contribution in [0.25, 0.3) is 12.2 Å². The van der Waals surface area contributed by atoms with Crippen molar-refractivity contribution in [1.29, 1.82) is 0 Å². The molecule has 0 amide bonds. The third-order valence-corrected chi connectivity index (χ3v) is 6.37. The van der Waals surface area contributed by atoms with Crippen LogP contribution in [0.4, 0.5) is 13.2 Å². The first-order chi connectivity index (χ1) is 16.2. The number of aryl methyl sites for hydroxylation is 1. The molecule has 1 N–H and O–H groups in total. The van der Waals surface area contributed by atoms with Gasteiger partial charge in [-0.05, 0) is 49.2 Å². The zero-order valence-corrected chi connectivity index (χ0v) is 19.7. The van der Waals surface area contributed by atoms with Gasteiger partial charge < -0.3 is 9.05 Å². The number of benzene rings is 1. The molecule has 4 rings (SSSR count). The Balaban J connectivity index is 1.42. The Bertz CT molecular complexity index is 1070. The van der Waals surface area contributed by atoms with Crippen LogP contribution in [0.2, 0.25) is 0 Å². The summed E-state index contributed by atoms with van der Waals surface area (Å²) in [7, 11) is 4.56. The molecule has 34 heavy (non-hydrogen) atoms. The van der Waals surface area contributed by atoms with E-state index < -0.39 is 11.7 Å². The zero-order chi connectivity index (χ0) is 24.2. The second-order valence-electron chi connectivity index (χ2n) is 9.58. The van der Waals surface area contributed by atoms with E-state index in [0.29, 0.717) is 12.1 Å². The van der Waals surface area contributed by atoms with E-state index in [1.54, 1.807) is 12.3 Å². The summed E-state index contributed by atoms with van der Waals surface area (Å²) in [6.07, 6.45) is 5.01. The van der Waals surface area contributed by atoms with E-state index >= 15 is 0 Å². The molecule has 0 atom stereocenters. The molecule has 0 saturated carbocycles. The minimum Gasteiger partial charge on any atom is -0.326 e. The molecular weight excluding hydrogens is 441 g/mol. The molecular formula is C25H32F3N6+. The van der Waals surface area contributed by atoms with Crippen molar-refractivity contribution in [3.63, 3.8) is 0 Å². The number of alkyl halides is 3. The highest BCUT2D eigenvalue weighted by Crippen LogP contribution is 2.29. The van der Waals surface area contributed by atoms with Crippen LogP contribution in [-0.2, 0) is 19.1 Å². The molecule has 1 aliphatic rings. The fraction of sp³-hybridized carbons (Fsp3) is 0.440. The van der Waals surface area contributed by atoms with Crippen LogP contribution in [0, 0.1) is 0 Å². The van der Waals surface area contributed by atoms with Gasteiger partial charge in [0, 0.05) is 25.5 Å². The lowest BCUT2D eigenvalue weighted by Crippen LogP contribution is -2.54. The van der Waals surface area contributed by atoms with Crippen LogP contribution in [-0.4, -0.2) is 76.0 Å². The van der Waals surface area contributed by atoms with Gasteiger partial charge in [-0.3, -0.25) is 10.00 Å². The first kappa shape index (κ1) is 24.2. The summed E-state index contributed by atoms with van der Waals surface area (Å²) in [6, 6.07) is 7.06. The van der Waals surface area contributed by atoms with Crippen LogP contribution in [0.15, 0.2) is 42.7 Å². The molecule has 1 aliphatic heterocycles. The van der Waals surface area contributed by atoms with Crippen LogP contribution in [0.3, 0.4) is 0 Å². The highest BCUT2D eigenvalue weighted by molar-refractivity contribution is 5.67. The van der Waals surface area contributed by atoms with E-state index in [1.165, 1.54) is 25.2 Å². The quantitative estimate of drug-likeness (QED) is 0.500. The molecule has 2 aromatic heterocycles. The molecule has 1 fully saturated rings. The van der Waals surface area contributed by atoms with Gasteiger partial charge in [-0.15, -0.1) is 0 Å². The van der Waals surface area contributed by atoms with E-state index in [4.69, 9.17) is 4.98 Å². The summed E-state index contributed by atoms with van der Waals surface area (Å²) in [5.74, 6) is 0.765. The molecule has 1 aromatic carbocycles. The Morgan fingerprint density at radius 1 is 1.06 bits per heavy atom. The fourth-order valence-corrected chi connectivity index (χ4v) is 4.13. The first-order valence-corrected chi connectivity index (χ1v) is 11.6. The van der Waals surface area contributed by atoms with Crippen LogP contribution in [0.1, 0.15) is 34.8 Å². The minimum absolute atomic E-state index is 0.596. The summed E-state index contributed by atoms with van der Waals surface area (Å²) in [5.41, 5.74) is 2.02. The Labute approximate surface area is 198 Å². The number of rotatable bonds is 8. The summed E-state index contributed by atoms with van der Waals surface area (Å²) >= 11 is 0. The van der Waals surface area contributed by atoms with Gasteiger partial charge in [0.1, 0.15) is 5.82 Å². The van der Waals surface area contributed by atoms with E-state index in [1.807, 2.05) is 16.7 Å². The lowest BCUT2D eigenvalue weighted by molar-refractivity contribution is -0.894. The minimum atomic E-state index is -4.33. The van der Waals surface area contributed by atoms with Gasteiger partial charge in [0.2, 0.25) is 0 Å². The molecule has 0 aliphatic carbocycles. The summed E-state index contributed by atoms with van der Waals surface area (Å²) in [6.45, 7) is 6.27. The van der Waals surface area contributed by atoms with Crippen molar-refractivity contribution in [3.05, 3.63) is 71.1 Å². The van der Waals surface area contributed by atoms with Gasteiger partial charge in [0.15, 0.2) is 0 Å². The molecule has 0 bridgehead atoms. The Hall–Kier alpha value is -2.91. The number of aromatic nitrogens is 4. The van der Waals surface area contributed by atoms with E-state index in [9.17, 15) is 13.2 Å². The van der Waals surface area contributed by atoms with Gasteiger partial charge in [-0.1, -0.05) is 18.2 Å². The van der Waals surface area contributed by atoms with Crippen molar-refractivity contribution < 1.29 is 17.7 Å². The Morgan fingerprint density at radius 2 is 1.79 bits per heavy atom. The number of hydrogen-bond donors (Lipinski definition) is 1. The standard InChI is InChI=1S/C25H32F3N6/c1-34(2)16-14-32(15-17-34)13-3-4-22-18-33(19-23-11-12-29-31-23)24(30-22)10-7-20-5-8-21(9-6-20)25(26,27)28/h5-12,18H,3-4,13-17,19H2,1-2H3,(H,29,31)/q+1/b10-7+. The van der Waals surface area contributed by atoms with Crippen molar-refractivity contribution in [2.45, 2.75) is 25.6 Å². The molecule has 3 aromatic rings. The maximum Gasteiger partial charge on any atom is 0.416 e. The Kier molecular flexibility index (Phi) is 7.23. The van der Waals surface area contributed by atoms with Crippen LogP contribution < -0.4 is 0 Å². The monoisotopic (exact) mass is 473 g/mol. The third-order valence-electron chi connectivity index (χ3n) is 6.37. The van der Waals surface area contributed by atoms with Crippen molar-refractivity contribution in [3.8, 4) is 0 Å². The molecule has 0 spiro atoms. The largest absolute Gasteiger partial charge is 0.416 e. The van der Waals surface area contributed by atoms with E-state index in [2.05, 4.69) is 35.4 Å². The van der Waals surface area contributed by atoms with Crippen LogP contribution in [0.5, 0.6) is 0 Å². The smallest absolute Gasteiger partial charge is 0.326 e. The molecule has 6 nitrogen and oxygen atoms in total. The summed E-state index contributed by atoms with van der Waals surface area (Å²) in [5, 5.41) is 6.98. The van der Waals surface area contributed by atoms with Crippen molar-refractivity contribution >= 4 is 12.2 Å². The topological polar surface area (TPSA) is 49.7 Å².